The first kappa shape index (κ1) is 19.2. The molecule has 4 atom stereocenters. The molecular formula is C27H25N3O2. The van der Waals surface area contributed by atoms with Crippen molar-refractivity contribution in [2.45, 2.75) is 26.3 Å². The number of nitrogens with zero attached hydrogens (tertiary/aromatic N) is 3. The fourth-order valence-electron chi connectivity index (χ4n) is 5.77. The summed E-state index contributed by atoms with van der Waals surface area (Å²) >= 11 is 0. The zero-order valence-electron chi connectivity index (χ0n) is 18.0. The molecule has 160 valence electrons. The van der Waals surface area contributed by atoms with Crippen molar-refractivity contribution in [1.29, 1.82) is 0 Å². The minimum absolute atomic E-state index is 0.140. The third-order valence-corrected chi connectivity index (χ3v) is 7.47. The molecule has 1 aromatic heterocycles. The summed E-state index contributed by atoms with van der Waals surface area (Å²) in [4.78, 5) is 26.1. The normalized spacial score (nSPS) is 26.6. The summed E-state index contributed by atoms with van der Waals surface area (Å²) in [7, 11) is 0. The number of imide groups is 1. The summed E-state index contributed by atoms with van der Waals surface area (Å²) in [5.74, 6) is -0.384. The average Bonchev–Trinajstić information content (AvgIpc) is 3.31. The van der Waals surface area contributed by atoms with Gasteiger partial charge in [-0.15, -0.1) is 0 Å². The molecule has 2 heterocycles. The molecule has 2 aromatic carbocycles. The number of benzene rings is 2. The van der Waals surface area contributed by atoms with Gasteiger partial charge in [-0.05, 0) is 48.8 Å². The van der Waals surface area contributed by atoms with Crippen LogP contribution in [0, 0.1) is 30.6 Å². The second kappa shape index (κ2) is 7.30. The standard InChI is InChI=1S/C27H25N3O2/c1-17-6-2-3-7-20(17)15-29-16-21(22-8-4-5-9-23(22)29)14-28-30-26(31)24-18-10-11-19(13-12-18)25(24)27(30)32/h2-11,14,16,18-19,24-25H,12-13,15H2,1H3/b28-14-/t18-,19-,24-,25-/m0/s1. The van der Waals surface area contributed by atoms with Crippen molar-refractivity contribution in [1.82, 2.24) is 9.58 Å². The van der Waals surface area contributed by atoms with Gasteiger partial charge in [0.2, 0.25) is 0 Å². The Kier molecular flexibility index (Phi) is 4.39. The number of para-hydroxylation sites is 1. The van der Waals surface area contributed by atoms with Gasteiger partial charge in [-0.25, -0.2) is 0 Å². The average molecular weight is 424 g/mol. The highest BCUT2D eigenvalue weighted by Gasteiger charge is 2.56. The summed E-state index contributed by atoms with van der Waals surface area (Å²) < 4.78 is 2.20. The van der Waals surface area contributed by atoms with E-state index in [4.69, 9.17) is 0 Å². The number of aryl methyl sites for hydroxylation is 1. The van der Waals surface area contributed by atoms with Crippen molar-refractivity contribution in [2.24, 2.45) is 28.8 Å². The molecule has 32 heavy (non-hydrogen) atoms. The lowest BCUT2D eigenvalue weighted by atomic mass is 9.63. The lowest BCUT2D eigenvalue weighted by Crippen LogP contribution is -2.38. The second-order valence-electron chi connectivity index (χ2n) is 9.23. The Hall–Kier alpha value is -3.47. The first-order valence-electron chi connectivity index (χ1n) is 11.3. The van der Waals surface area contributed by atoms with Gasteiger partial charge in [-0.1, -0.05) is 54.6 Å². The summed E-state index contributed by atoms with van der Waals surface area (Å²) in [5, 5.41) is 6.63. The molecule has 3 aromatic rings. The van der Waals surface area contributed by atoms with Gasteiger partial charge in [0.05, 0.1) is 18.1 Å². The Balaban J connectivity index is 1.33. The molecule has 0 N–H and O–H groups in total. The largest absolute Gasteiger partial charge is 0.342 e. The number of fused-ring (bicyclic) bond motifs is 2. The monoisotopic (exact) mass is 423 g/mol. The van der Waals surface area contributed by atoms with Crippen LogP contribution >= 0.6 is 0 Å². The number of carbonyl (C=O) groups is 2. The van der Waals surface area contributed by atoms with E-state index in [1.807, 2.05) is 18.2 Å². The second-order valence-corrected chi connectivity index (χ2v) is 9.23. The number of carbonyl (C=O) groups excluding carboxylic acids is 2. The summed E-state index contributed by atoms with van der Waals surface area (Å²) in [6.45, 7) is 2.87. The number of hydrazone groups is 1. The van der Waals surface area contributed by atoms with Crippen molar-refractivity contribution in [3.63, 3.8) is 0 Å². The minimum atomic E-state index is -0.231. The number of hydrogen-bond donors (Lipinski definition) is 0. The molecule has 0 unspecified atom stereocenters. The number of hydrogen-bond acceptors (Lipinski definition) is 3. The van der Waals surface area contributed by atoms with Gasteiger partial charge in [-0.3, -0.25) is 9.59 Å². The summed E-state index contributed by atoms with van der Waals surface area (Å²) in [6.07, 6.45) is 9.99. The molecule has 7 rings (SSSR count). The molecular weight excluding hydrogens is 398 g/mol. The van der Waals surface area contributed by atoms with Crippen LogP contribution in [0.1, 0.15) is 29.5 Å². The lowest BCUT2D eigenvalue weighted by Gasteiger charge is -2.37. The van der Waals surface area contributed by atoms with Crippen molar-refractivity contribution < 1.29 is 9.59 Å². The van der Waals surface area contributed by atoms with Gasteiger partial charge < -0.3 is 4.57 Å². The number of aromatic nitrogens is 1. The maximum absolute atomic E-state index is 13.1. The Bertz CT molecular complexity index is 1270. The number of allylic oxidation sites excluding steroid dienone is 2. The van der Waals surface area contributed by atoms with E-state index in [1.54, 1.807) is 6.21 Å². The van der Waals surface area contributed by atoms with Crippen molar-refractivity contribution in [3.05, 3.63) is 83.6 Å². The number of amides is 2. The predicted molar refractivity (Wildman–Crippen MR) is 124 cm³/mol. The lowest BCUT2D eigenvalue weighted by molar-refractivity contribution is -0.140. The molecule has 0 radical (unpaired) electrons. The molecule has 0 spiro atoms. The topological polar surface area (TPSA) is 54.7 Å². The van der Waals surface area contributed by atoms with E-state index in [9.17, 15) is 9.59 Å². The Morgan fingerprint density at radius 3 is 2.28 bits per heavy atom. The smallest absolute Gasteiger partial charge is 0.254 e. The summed E-state index contributed by atoms with van der Waals surface area (Å²) in [6, 6.07) is 16.5. The first-order valence-corrected chi connectivity index (χ1v) is 11.3. The SMILES string of the molecule is Cc1ccccc1Cn1cc(/C=N\N2C(=O)[C@@H]3[C@@H](C2=O)[C@H]2C=C[C@H]3CC2)c2ccccc21. The van der Waals surface area contributed by atoms with E-state index in [1.165, 1.54) is 11.1 Å². The van der Waals surface area contributed by atoms with Crippen LogP contribution in [-0.2, 0) is 16.1 Å². The van der Waals surface area contributed by atoms with Gasteiger partial charge in [0.25, 0.3) is 11.8 Å². The van der Waals surface area contributed by atoms with E-state index in [-0.39, 0.29) is 35.5 Å². The fraction of sp³-hybridized carbons (Fsp3) is 0.296. The quantitative estimate of drug-likeness (QED) is 0.352. The van der Waals surface area contributed by atoms with Crippen LogP contribution in [0.25, 0.3) is 10.9 Å². The third kappa shape index (κ3) is 2.88. The van der Waals surface area contributed by atoms with Gasteiger partial charge >= 0.3 is 0 Å². The van der Waals surface area contributed by atoms with Gasteiger partial charge in [0, 0.05) is 29.2 Å². The van der Waals surface area contributed by atoms with Crippen molar-refractivity contribution in [2.75, 3.05) is 0 Å². The fourth-order valence-corrected chi connectivity index (χ4v) is 5.77. The van der Waals surface area contributed by atoms with Crippen LogP contribution in [0.2, 0.25) is 0 Å². The molecule has 1 aliphatic heterocycles. The van der Waals surface area contributed by atoms with E-state index >= 15 is 0 Å². The summed E-state index contributed by atoms with van der Waals surface area (Å²) in [5.41, 5.74) is 4.52. The zero-order chi connectivity index (χ0) is 21.8. The van der Waals surface area contributed by atoms with Crippen LogP contribution in [0.5, 0.6) is 0 Å². The van der Waals surface area contributed by atoms with Crippen LogP contribution < -0.4 is 0 Å². The van der Waals surface area contributed by atoms with Crippen LogP contribution in [0.15, 0.2) is 72.0 Å². The van der Waals surface area contributed by atoms with Gasteiger partial charge in [0.15, 0.2) is 0 Å². The third-order valence-electron chi connectivity index (χ3n) is 7.47. The number of rotatable bonds is 4. The van der Waals surface area contributed by atoms with Gasteiger partial charge in [-0.2, -0.15) is 10.1 Å². The van der Waals surface area contributed by atoms with E-state index in [0.29, 0.717) is 0 Å². The maximum atomic E-state index is 13.1. The molecule has 5 heteroatoms. The van der Waals surface area contributed by atoms with E-state index in [2.05, 4.69) is 65.3 Å². The Morgan fingerprint density at radius 2 is 1.59 bits per heavy atom. The predicted octanol–water partition coefficient (Wildman–Crippen LogP) is 4.53. The molecule has 2 bridgehead atoms. The molecule has 4 aliphatic rings. The Labute approximate surface area is 187 Å². The van der Waals surface area contributed by atoms with Crippen LogP contribution in [0.4, 0.5) is 0 Å². The maximum Gasteiger partial charge on any atom is 0.254 e. The van der Waals surface area contributed by atoms with Crippen LogP contribution in [-0.4, -0.2) is 27.6 Å². The molecule has 2 amide bonds. The highest BCUT2D eigenvalue weighted by Crippen LogP contribution is 2.49. The molecule has 2 fully saturated rings. The minimum Gasteiger partial charge on any atom is -0.342 e. The first-order chi connectivity index (χ1) is 15.6. The molecule has 1 saturated heterocycles. The zero-order valence-corrected chi connectivity index (χ0v) is 18.0. The van der Waals surface area contributed by atoms with Gasteiger partial charge in [0.1, 0.15) is 0 Å². The van der Waals surface area contributed by atoms with Crippen molar-refractivity contribution in [3.8, 4) is 0 Å². The Morgan fingerprint density at radius 1 is 0.938 bits per heavy atom. The molecule has 5 nitrogen and oxygen atoms in total. The highest BCUT2D eigenvalue weighted by atomic mass is 16.2. The van der Waals surface area contributed by atoms with E-state index < -0.39 is 0 Å². The van der Waals surface area contributed by atoms with Crippen molar-refractivity contribution >= 4 is 28.9 Å². The highest BCUT2D eigenvalue weighted by molar-refractivity contribution is 6.07. The van der Waals surface area contributed by atoms with E-state index in [0.717, 1.165) is 40.9 Å². The molecule has 3 aliphatic carbocycles. The molecule has 1 saturated carbocycles. The van der Waals surface area contributed by atoms with Crippen LogP contribution in [0.3, 0.4) is 0 Å².